The Hall–Kier alpha value is -2.10. The van der Waals surface area contributed by atoms with Crippen LogP contribution in [0.2, 0.25) is 0 Å². The van der Waals surface area contributed by atoms with Gasteiger partial charge in [0.25, 0.3) is 0 Å². The third-order valence-electron chi connectivity index (χ3n) is 9.07. The lowest BCUT2D eigenvalue weighted by Crippen LogP contribution is -2.18. The molecule has 278 valence electrons. The van der Waals surface area contributed by atoms with Crippen LogP contribution in [0, 0.1) is 0 Å². The van der Waals surface area contributed by atoms with Crippen molar-refractivity contribution in [2.45, 2.75) is 219 Å². The molecule has 0 aromatic rings. The van der Waals surface area contributed by atoms with Crippen LogP contribution < -0.4 is 0 Å². The largest absolute Gasteiger partial charge is 0.481 e. The van der Waals surface area contributed by atoms with Crippen LogP contribution in [0.4, 0.5) is 0 Å². The number of carbonyl (C=O) groups excluding carboxylic acids is 1. The SMILES string of the molecule is CC/C=C\C/C=C\C/C=C\C/C=C\CCCCCCCCCCC(=O)OC(CCCCCCCCCCC)CCCCCCCC(=O)O. The molecule has 0 aromatic carbocycles. The van der Waals surface area contributed by atoms with Crippen molar-refractivity contribution < 1.29 is 19.4 Å². The van der Waals surface area contributed by atoms with Gasteiger partial charge in [0.2, 0.25) is 0 Å². The van der Waals surface area contributed by atoms with E-state index in [9.17, 15) is 9.59 Å². The first-order valence-corrected chi connectivity index (χ1v) is 20.6. The Balaban J connectivity index is 3.93. The summed E-state index contributed by atoms with van der Waals surface area (Å²) in [4.78, 5) is 23.4. The number of aliphatic carboxylic acids is 1. The fraction of sp³-hybridized carbons (Fsp3) is 0.773. The molecule has 0 aliphatic heterocycles. The molecule has 0 radical (unpaired) electrons. The zero-order chi connectivity index (χ0) is 35.0. The second-order valence-electron chi connectivity index (χ2n) is 13.8. The standard InChI is InChI=1S/C44H78O4/c1-3-5-7-9-11-13-14-15-16-17-18-19-20-21-22-23-24-26-28-33-37-41-44(47)48-42(39-35-31-29-32-36-40-43(45)46)38-34-30-27-25-12-10-8-6-4-2/h5,7,11,13,15-16,18-19,42H,3-4,6,8-10,12,14,17,20-41H2,1-2H3,(H,45,46)/b7-5-,13-11-,16-15-,19-18-. The number of rotatable bonds is 37. The Labute approximate surface area is 298 Å². The van der Waals surface area contributed by atoms with Crippen molar-refractivity contribution in [3.05, 3.63) is 48.6 Å². The van der Waals surface area contributed by atoms with E-state index in [1.165, 1.54) is 96.3 Å². The van der Waals surface area contributed by atoms with Crippen molar-refractivity contribution in [2.24, 2.45) is 0 Å². The number of ether oxygens (including phenoxy) is 1. The fourth-order valence-corrected chi connectivity index (χ4v) is 6.06. The molecule has 4 heteroatoms. The molecule has 1 N–H and O–H groups in total. The van der Waals surface area contributed by atoms with Gasteiger partial charge in [0.15, 0.2) is 0 Å². The van der Waals surface area contributed by atoms with Crippen LogP contribution in [0.5, 0.6) is 0 Å². The van der Waals surface area contributed by atoms with Crippen molar-refractivity contribution in [2.75, 3.05) is 0 Å². The second-order valence-corrected chi connectivity index (χ2v) is 13.8. The van der Waals surface area contributed by atoms with Crippen LogP contribution in [0.3, 0.4) is 0 Å². The lowest BCUT2D eigenvalue weighted by Gasteiger charge is -2.18. The molecule has 0 fully saturated rings. The van der Waals surface area contributed by atoms with E-state index in [-0.39, 0.29) is 18.5 Å². The Morgan fingerprint density at radius 3 is 1.35 bits per heavy atom. The summed E-state index contributed by atoms with van der Waals surface area (Å²) in [5.41, 5.74) is 0. The molecule has 0 spiro atoms. The fourth-order valence-electron chi connectivity index (χ4n) is 6.06. The maximum absolute atomic E-state index is 12.7. The average Bonchev–Trinajstić information content (AvgIpc) is 3.07. The van der Waals surface area contributed by atoms with E-state index in [0.717, 1.165) is 89.9 Å². The van der Waals surface area contributed by atoms with Gasteiger partial charge in [-0.2, -0.15) is 0 Å². The molecule has 0 saturated carbocycles. The van der Waals surface area contributed by atoms with Crippen molar-refractivity contribution in [1.29, 1.82) is 0 Å². The van der Waals surface area contributed by atoms with E-state index in [0.29, 0.717) is 6.42 Å². The van der Waals surface area contributed by atoms with Crippen molar-refractivity contribution in [3.63, 3.8) is 0 Å². The van der Waals surface area contributed by atoms with Gasteiger partial charge >= 0.3 is 11.9 Å². The number of carbonyl (C=O) groups is 2. The van der Waals surface area contributed by atoms with Crippen LogP contribution in [-0.4, -0.2) is 23.1 Å². The Morgan fingerprint density at radius 1 is 0.479 bits per heavy atom. The summed E-state index contributed by atoms with van der Waals surface area (Å²) >= 11 is 0. The monoisotopic (exact) mass is 671 g/mol. The minimum Gasteiger partial charge on any atom is -0.481 e. The highest BCUT2D eigenvalue weighted by molar-refractivity contribution is 5.69. The third kappa shape index (κ3) is 38.3. The molecule has 1 unspecified atom stereocenters. The van der Waals surface area contributed by atoms with E-state index < -0.39 is 5.97 Å². The topological polar surface area (TPSA) is 63.6 Å². The van der Waals surface area contributed by atoms with Crippen LogP contribution in [-0.2, 0) is 14.3 Å². The summed E-state index contributed by atoms with van der Waals surface area (Å²) in [5.74, 6) is -0.708. The summed E-state index contributed by atoms with van der Waals surface area (Å²) in [6.45, 7) is 4.43. The first-order valence-electron chi connectivity index (χ1n) is 20.6. The first kappa shape index (κ1) is 45.9. The quantitative estimate of drug-likeness (QED) is 0.0406. The van der Waals surface area contributed by atoms with Gasteiger partial charge in [-0.15, -0.1) is 0 Å². The van der Waals surface area contributed by atoms with E-state index in [1.807, 2.05) is 0 Å². The molecule has 48 heavy (non-hydrogen) atoms. The highest BCUT2D eigenvalue weighted by Crippen LogP contribution is 2.19. The van der Waals surface area contributed by atoms with E-state index in [4.69, 9.17) is 9.84 Å². The van der Waals surface area contributed by atoms with Gasteiger partial charge in [-0.05, 0) is 77.0 Å². The third-order valence-corrected chi connectivity index (χ3v) is 9.07. The normalized spacial score (nSPS) is 12.7. The van der Waals surface area contributed by atoms with Gasteiger partial charge in [-0.3, -0.25) is 9.59 Å². The molecule has 1 atom stereocenters. The number of carboxylic acids is 1. The minimum atomic E-state index is -0.702. The molecule has 4 nitrogen and oxygen atoms in total. The van der Waals surface area contributed by atoms with E-state index in [1.54, 1.807) is 0 Å². The predicted octanol–water partition coefficient (Wildman–Crippen LogP) is 14.3. The van der Waals surface area contributed by atoms with Gasteiger partial charge in [0.1, 0.15) is 6.10 Å². The van der Waals surface area contributed by atoms with Gasteiger partial charge in [0, 0.05) is 12.8 Å². The number of esters is 1. The second kappa shape index (κ2) is 39.3. The number of unbranched alkanes of at least 4 members (excludes halogenated alkanes) is 20. The molecule has 0 amide bonds. The van der Waals surface area contributed by atoms with Crippen molar-refractivity contribution in [3.8, 4) is 0 Å². The molecule has 0 rings (SSSR count). The Morgan fingerprint density at radius 2 is 0.875 bits per heavy atom. The number of hydrogen-bond acceptors (Lipinski definition) is 3. The lowest BCUT2D eigenvalue weighted by molar-refractivity contribution is -0.150. The highest BCUT2D eigenvalue weighted by Gasteiger charge is 2.14. The number of carboxylic acid groups (broad SMARTS) is 1. The molecule has 0 aliphatic carbocycles. The van der Waals surface area contributed by atoms with E-state index in [2.05, 4.69) is 62.5 Å². The summed E-state index contributed by atoms with van der Waals surface area (Å²) in [6, 6.07) is 0. The van der Waals surface area contributed by atoms with Crippen LogP contribution >= 0.6 is 0 Å². The summed E-state index contributed by atoms with van der Waals surface area (Å²) in [5, 5.41) is 8.81. The first-order chi connectivity index (χ1) is 23.6. The molecule has 0 aliphatic rings. The predicted molar refractivity (Wildman–Crippen MR) is 209 cm³/mol. The zero-order valence-corrected chi connectivity index (χ0v) is 31.8. The zero-order valence-electron chi connectivity index (χ0n) is 31.8. The van der Waals surface area contributed by atoms with Crippen LogP contribution in [0.25, 0.3) is 0 Å². The maximum atomic E-state index is 12.7. The van der Waals surface area contributed by atoms with E-state index >= 15 is 0 Å². The number of hydrogen-bond donors (Lipinski definition) is 1. The molecule has 0 saturated heterocycles. The van der Waals surface area contributed by atoms with Gasteiger partial charge in [0.05, 0.1) is 0 Å². The maximum Gasteiger partial charge on any atom is 0.306 e. The van der Waals surface area contributed by atoms with Gasteiger partial charge < -0.3 is 9.84 Å². The Bertz CT molecular complexity index is 809. The molecular formula is C44H78O4. The van der Waals surface area contributed by atoms with Crippen molar-refractivity contribution in [1.82, 2.24) is 0 Å². The van der Waals surface area contributed by atoms with Crippen LogP contribution in [0.15, 0.2) is 48.6 Å². The van der Waals surface area contributed by atoms with Crippen molar-refractivity contribution >= 4 is 11.9 Å². The van der Waals surface area contributed by atoms with Gasteiger partial charge in [-0.25, -0.2) is 0 Å². The smallest absolute Gasteiger partial charge is 0.306 e. The average molecular weight is 671 g/mol. The summed E-state index contributed by atoms with van der Waals surface area (Å²) in [6.07, 6.45) is 52.8. The Kier molecular flexibility index (Phi) is 37.6. The summed E-state index contributed by atoms with van der Waals surface area (Å²) in [7, 11) is 0. The van der Waals surface area contributed by atoms with Gasteiger partial charge in [-0.1, -0.05) is 172 Å². The lowest BCUT2D eigenvalue weighted by atomic mass is 10.0. The highest BCUT2D eigenvalue weighted by atomic mass is 16.5. The molecule has 0 aromatic heterocycles. The number of allylic oxidation sites excluding steroid dienone is 8. The van der Waals surface area contributed by atoms with Crippen LogP contribution in [0.1, 0.15) is 213 Å². The molecule has 0 heterocycles. The molecular weight excluding hydrogens is 592 g/mol. The summed E-state index contributed by atoms with van der Waals surface area (Å²) < 4.78 is 6.00. The minimum absolute atomic E-state index is 0.00627. The molecule has 0 bridgehead atoms.